The highest BCUT2D eigenvalue weighted by Gasteiger charge is 2.23. The largest absolute Gasteiger partial charge is 0.395 e. The lowest BCUT2D eigenvalue weighted by atomic mass is 9.86. The van der Waals surface area contributed by atoms with E-state index < -0.39 is 0 Å². The molecule has 0 radical (unpaired) electrons. The molecule has 0 aliphatic heterocycles. The van der Waals surface area contributed by atoms with Crippen molar-refractivity contribution in [3.63, 3.8) is 0 Å². The average molecular weight is 269 g/mol. The van der Waals surface area contributed by atoms with Gasteiger partial charge in [-0.1, -0.05) is 33.1 Å². The van der Waals surface area contributed by atoms with E-state index in [-0.39, 0.29) is 17.9 Å². The zero-order valence-corrected chi connectivity index (χ0v) is 12.6. The van der Waals surface area contributed by atoms with Crippen LogP contribution in [0.4, 0.5) is 0 Å². The molecule has 0 bridgehead atoms. The van der Waals surface area contributed by atoms with Crippen LogP contribution in [0.1, 0.15) is 58.8 Å². The number of hydrogen-bond acceptors (Lipinski definition) is 3. The van der Waals surface area contributed by atoms with Crippen molar-refractivity contribution >= 4 is 5.84 Å². The van der Waals surface area contributed by atoms with Crippen LogP contribution in [0.5, 0.6) is 0 Å². The van der Waals surface area contributed by atoms with Gasteiger partial charge in [0.25, 0.3) is 0 Å². The van der Waals surface area contributed by atoms with E-state index in [2.05, 4.69) is 4.90 Å². The van der Waals surface area contributed by atoms with Crippen molar-refractivity contribution in [1.82, 2.24) is 4.90 Å². The summed E-state index contributed by atoms with van der Waals surface area (Å²) in [7, 11) is 0. The van der Waals surface area contributed by atoms with Crippen LogP contribution in [0.2, 0.25) is 0 Å². The van der Waals surface area contributed by atoms with Crippen LogP contribution in [0.3, 0.4) is 0 Å². The Labute approximate surface area is 117 Å². The predicted octanol–water partition coefficient (Wildman–Crippen LogP) is 2.36. The number of amidine groups is 1. The lowest BCUT2D eigenvalue weighted by Crippen LogP contribution is -2.36. The third-order valence-corrected chi connectivity index (χ3v) is 4.45. The number of unbranched alkanes of at least 4 members (excludes halogenated alkanes) is 1. The molecule has 4 N–H and O–H groups in total. The fraction of sp³-hybridized carbons (Fsp3) is 0.933. The number of nitrogens with two attached hydrogens (primary N) is 1. The van der Waals surface area contributed by atoms with E-state index >= 15 is 0 Å². The molecule has 0 aromatic heterocycles. The molecule has 0 atom stereocenters. The molecule has 0 amide bonds. The van der Waals surface area contributed by atoms with E-state index in [1.807, 2.05) is 13.8 Å². The van der Waals surface area contributed by atoms with E-state index in [0.29, 0.717) is 6.04 Å². The summed E-state index contributed by atoms with van der Waals surface area (Å²) in [6, 6.07) is 0.688. The predicted molar refractivity (Wildman–Crippen MR) is 80.5 cm³/mol. The van der Waals surface area contributed by atoms with Crippen molar-refractivity contribution in [2.75, 3.05) is 19.7 Å². The number of aliphatic hydroxyl groups excluding tert-OH is 1. The summed E-state index contributed by atoms with van der Waals surface area (Å²) in [6.07, 6.45) is 8.46. The van der Waals surface area contributed by atoms with Gasteiger partial charge in [-0.15, -0.1) is 0 Å². The Morgan fingerprint density at radius 3 is 2.42 bits per heavy atom. The average Bonchev–Trinajstić information content (AvgIpc) is 2.86. The summed E-state index contributed by atoms with van der Waals surface area (Å²) in [5.74, 6) is 0.288. The van der Waals surface area contributed by atoms with E-state index in [1.165, 1.54) is 25.7 Å². The molecule has 4 nitrogen and oxygen atoms in total. The molecular formula is C15H31N3O. The number of aliphatic hydroxyl groups is 1. The smallest absolute Gasteiger partial charge is 0.0963 e. The van der Waals surface area contributed by atoms with E-state index in [0.717, 1.165) is 32.4 Å². The van der Waals surface area contributed by atoms with Gasteiger partial charge in [0.1, 0.15) is 0 Å². The zero-order chi connectivity index (χ0) is 14.3. The normalized spacial score (nSPS) is 17.3. The Bertz CT molecular complexity index is 273. The second kappa shape index (κ2) is 7.85. The van der Waals surface area contributed by atoms with Crippen LogP contribution in [-0.2, 0) is 0 Å². The van der Waals surface area contributed by atoms with Crippen molar-refractivity contribution < 1.29 is 5.11 Å². The quantitative estimate of drug-likeness (QED) is 0.342. The summed E-state index contributed by atoms with van der Waals surface area (Å²) >= 11 is 0. The van der Waals surface area contributed by atoms with Crippen LogP contribution >= 0.6 is 0 Å². The Balaban J connectivity index is 2.26. The number of nitrogens with one attached hydrogen (secondary N) is 1. The molecule has 19 heavy (non-hydrogen) atoms. The molecule has 1 rings (SSSR count). The lowest BCUT2D eigenvalue weighted by Gasteiger charge is -2.29. The number of nitrogens with zero attached hydrogens (tertiary/aromatic N) is 1. The maximum Gasteiger partial charge on any atom is 0.0963 e. The maximum atomic E-state index is 9.17. The fourth-order valence-electron chi connectivity index (χ4n) is 2.89. The second-order valence-electron chi connectivity index (χ2n) is 6.45. The minimum Gasteiger partial charge on any atom is -0.395 e. The third kappa shape index (κ3) is 5.49. The highest BCUT2D eigenvalue weighted by atomic mass is 16.3. The van der Waals surface area contributed by atoms with Crippen LogP contribution in [0.15, 0.2) is 0 Å². The first-order valence-corrected chi connectivity index (χ1v) is 7.67. The molecule has 1 saturated carbocycles. The molecular weight excluding hydrogens is 238 g/mol. The van der Waals surface area contributed by atoms with Gasteiger partial charge in [-0.05, 0) is 32.2 Å². The lowest BCUT2D eigenvalue weighted by molar-refractivity contribution is 0.148. The zero-order valence-electron chi connectivity index (χ0n) is 12.6. The van der Waals surface area contributed by atoms with Gasteiger partial charge in [0, 0.05) is 18.0 Å². The molecule has 1 fully saturated rings. The van der Waals surface area contributed by atoms with Gasteiger partial charge in [-0.2, -0.15) is 0 Å². The molecule has 1 aliphatic rings. The SMILES string of the molecule is CC(C)(CCCCN(CCO)C1CCCC1)C(=N)N. The summed E-state index contributed by atoms with van der Waals surface area (Å²) in [6.45, 7) is 6.21. The molecule has 0 aromatic carbocycles. The minimum atomic E-state index is -0.171. The molecule has 0 aromatic rings. The molecule has 0 heterocycles. The molecule has 0 spiro atoms. The summed E-state index contributed by atoms with van der Waals surface area (Å²) in [4.78, 5) is 2.45. The molecule has 112 valence electrons. The van der Waals surface area contributed by atoms with Crippen LogP contribution in [-0.4, -0.2) is 41.6 Å². The van der Waals surface area contributed by atoms with Gasteiger partial charge in [-0.3, -0.25) is 10.3 Å². The number of hydrogen-bond donors (Lipinski definition) is 3. The summed E-state index contributed by atoms with van der Waals surface area (Å²) < 4.78 is 0. The Morgan fingerprint density at radius 2 is 1.89 bits per heavy atom. The van der Waals surface area contributed by atoms with Crippen molar-refractivity contribution in [3.8, 4) is 0 Å². The van der Waals surface area contributed by atoms with Crippen LogP contribution < -0.4 is 5.73 Å². The highest BCUT2D eigenvalue weighted by Crippen LogP contribution is 2.25. The maximum absolute atomic E-state index is 9.17. The van der Waals surface area contributed by atoms with Crippen molar-refractivity contribution in [2.24, 2.45) is 11.1 Å². The van der Waals surface area contributed by atoms with Gasteiger partial charge < -0.3 is 10.8 Å². The van der Waals surface area contributed by atoms with Crippen molar-refractivity contribution in [3.05, 3.63) is 0 Å². The van der Waals surface area contributed by atoms with Crippen molar-refractivity contribution in [1.29, 1.82) is 5.41 Å². The first-order valence-electron chi connectivity index (χ1n) is 7.67. The van der Waals surface area contributed by atoms with E-state index in [4.69, 9.17) is 16.2 Å². The highest BCUT2D eigenvalue weighted by molar-refractivity contribution is 5.82. The Kier molecular flexibility index (Phi) is 6.80. The first kappa shape index (κ1) is 16.4. The monoisotopic (exact) mass is 269 g/mol. The molecule has 0 saturated heterocycles. The fourth-order valence-corrected chi connectivity index (χ4v) is 2.89. The second-order valence-corrected chi connectivity index (χ2v) is 6.45. The van der Waals surface area contributed by atoms with Gasteiger partial charge in [0.15, 0.2) is 0 Å². The third-order valence-electron chi connectivity index (χ3n) is 4.45. The molecule has 1 aliphatic carbocycles. The Hall–Kier alpha value is -0.610. The van der Waals surface area contributed by atoms with E-state index in [1.54, 1.807) is 0 Å². The van der Waals surface area contributed by atoms with Gasteiger partial charge in [-0.25, -0.2) is 0 Å². The summed E-state index contributed by atoms with van der Waals surface area (Å²) in [5, 5.41) is 16.7. The van der Waals surface area contributed by atoms with Gasteiger partial charge in [0.2, 0.25) is 0 Å². The van der Waals surface area contributed by atoms with Gasteiger partial charge >= 0.3 is 0 Å². The van der Waals surface area contributed by atoms with Crippen LogP contribution in [0, 0.1) is 10.8 Å². The van der Waals surface area contributed by atoms with Gasteiger partial charge in [0.05, 0.1) is 12.4 Å². The van der Waals surface area contributed by atoms with Crippen LogP contribution in [0.25, 0.3) is 0 Å². The molecule has 4 heteroatoms. The van der Waals surface area contributed by atoms with E-state index in [9.17, 15) is 0 Å². The topological polar surface area (TPSA) is 73.3 Å². The summed E-state index contributed by atoms with van der Waals surface area (Å²) in [5.41, 5.74) is 5.43. The minimum absolute atomic E-state index is 0.171. The Morgan fingerprint density at radius 1 is 1.26 bits per heavy atom. The first-order chi connectivity index (χ1) is 8.97. The van der Waals surface area contributed by atoms with Crippen molar-refractivity contribution in [2.45, 2.75) is 64.8 Å². The standard InChI is InChI=1S/C15H31N3O/c1-15(2,14(16)17)9-5-6-10-18(11-12-19)13-7-3-4-8-13/h13,19H,3-12H2,1-2H3,(H3,16,17). The number of rotatable bonds is 9. The molecule has 0 unspecified atom stereocenters.